The second kappa shape index (κ2) is 5.84. The average molecular weight is 284 g/mol. The SMILES string of the molecule is CC(=O)c1ccc2c(=O)cc(CC3CCCCC3)oc2c1. The van der Waals surface area contributed by atoms with E-state index in [-0.39, 0.29) is 11.2 Å². The minimum Gasteiger partial charge on any atom is -0.461 e. The topological polar surface area (TPSA) is 47.3 Å². The van der Waals surface area contributed by atoms with Crippen molar-refractivity contribution in [2.75, 3.05) is 0 Å². The number of rotatable bonds is 3. The summed E-state index contributed by atoms with van der Waals surface area (Å²) < 4.78 is 5.88. The molecule has 110 valence electrons. The molecule has 1 aromatic carbocycles. The second-order valence-corrected chi connectivity index (χ2v) is 6.05. The Labute approximate surface area is 124 Å². The van der Waals surface area contributed by atoms with E-state index in [2.05, 4.69) is 0 Å². The minimum absolute atomic E-state index is 0.0165. The van der Waals surface area contributed by atoms with Crippen molar-refractivity contribution in [3.05, 3.63) is 45.8 Å². The molecule has 0 radical (unpaired) electrons. The van der Waals surface area contributed by atoms with Gasteiger partial charge in [-0.2, -0.15) is 0 Å². The summed E-state index contributed by atoms with van der Waals surface area (Å²) in [7, 11) is 0. The molecule has 0 N–H and O–H groups in total. The van der Waals surface area contributed by atoms with Crippen molar-refractivity contribution in [2.24, 2.45) is 5.92 Å². The van der Waals surface area contributed by atoms with E-state index in [0.717, 1.165) is 12.2 Å². The highest BCUT2D eigenvalue weighted by Crippen LogP contribution is 2.27. The van der Waals surface area contributed by atoms with Crippen molar-refractivity contribution in [1.29, 1.82) is 0 Å². The molecule has 0 unspecified atom stereocenters. The summed E-state index contributed by atoms with van der Waals surface area (Å²) in [5, 5.41) is 0.549. The summed E-state index contributed by atoms with van der Waals surface area (Å²) >= 11 is 0. The lowest BCUT2D eigenvalue weighted by atomic mass is 9.86. The molecule has 0 saturated heterocycles. The highest BCUT2D eigenvalue weighted by Gasteiger charge is 2.16. The van der Waals surface area contributed by atoms with Gasteiger partial charge in [0.25, 0.3) is 0 Å². The third kappa shape index (κ3) is 3.07. The molecule has 0 amide bonds. The zero-order chi connectivity index (χ0) is 14.8. The predicted octanol–water partition coefficient (Wildman–Crippen LogP) is 4.12. The molecule has 0 bridgehead atoms. The molecule has 3 heteroatoms. The maximum atomic E-state index is 12.2. The van der Waals surface area contributed by atoms with E-state index in [4.69, 9.17) is 4.42 Å². The Morgan fingerprint density at radius 1 is 1.19 bits per heavy atom. The van der Waals surface area contributed by atoms with E-state index >= 15 is 0 Å². The van der Waals surface area contributed by atoms with Gasteiger partial charge in [-0.15, -0.1) is 0 Å². The Bertz CT molecular complexity index is 721. The molecule has 0 spiro atoms. The van der Waals surface area contributed by atoms with E-state index < -0.39 is 0 Å². The molecule has 0 atom stereocenters. The van der Waals surface area contributed by atoms with Crippen molar-refractivity contribution in [3.63, 3.8) is 0 Å². The third-order valence-corrected chi connectivity index (χ3v) is 4.40. The van der Waals surface area contributed by atoms with Gasteiger partial charge in [-0.3, -0.25) is 9.59 Å². The Balaban J connectivity index is 1.96. The van der Waals surface area contributed by atoms with E-state index in [9.17, 15) is 9.59 Å². The fourth-order valence-corrected chi connectivity index (χ4v) is 3.20. The molecule has 2 aromatic rings. The normalized spacial score (nSPS) is 16.2. The van der Waals surface area contributed by atoms with E-state index in [0.29, 0.717) is 22.5 Å². The van der Waals surface area contributed by atoms with Gasteiger partial charge >= 0.3 is 0 Å². The first-order valence-corrected chi connectivity index (χ1v) is 7.71. The van der Waals surface area contributed by atoms with Crippen LogP contribution in [0.3, 0.4) is 0 Å². The summed E-state index contributed by atoms with van der Waals surface area (Å²) in [5.41, 5.74) is 1.10. The van der Waals surface area contributed by atoms with Crippen LogP contribution in [0.5, 0.6) is 0 Å². The number of carbonyl (C=O) groups excluding carboxylic acids is 1. The van der Waals surface area contributed by atoms with Crippen molar-refractivity contribution in [2.45, 2.75) is 45.4 Å². The first-order chi connectivity index (χ1) is 10.1. The number of Topliss-reactive ketones (excluding diaryl/α,β-unsaturated/α-hetero) is 1. The monoisotopic (exact) mass is 284 g/mol. The number of hydrogen-bond acceptors (Lipinski definition) is 3. The molecule has 3 nitrogen and oxygen atoms in total. The summed E-state index contributed by atoms with van der Waals surface area (Å²) in [6.45, 7) is 1.52. The van der Waals surface area contributed by atoms with Gasteiger partial charge in [-0.1, -0.05) is 38.2 Å². The largest absolute Gasteiger partial charge is 0.461 e. The van der Waals surface area contributed by atoms with Crippen LogP contribution in [0.4, 0.5) is 0 Å². The van der Waals surface area contributed by atoms with Gasteiger partial charge < -0.3 is 4.42 Å². The van der Waals surface area contributed by atoms with Crippen LogP contribution < -0.4 is 5.43 Å². The lowest BCUT2D eigenvalue weighted by molar-refractivity contribution is 0.101. The van der Waals surface area contributed by atoms with E-state index in [1.165, 1.54) is 39.0 Å². The second-order valence-electron chi connectivity index (χ2n) is 6.05. The Morgan fingerprint density at radius 3 is 2.67 bits per heavy atom. The van der Waals surface area contributed by atoms with Crippen molar-refractivity contribution >= 4 is 16.8 Å². The van der Waals surface area contributed by atoms with E-state index in [1.807, 2.05) is 0 Å². The average Bonchev–Trinajstić information content (AvgIpc) is 2.47. The quantitative estimate of drug-likeness (QED) is 0.796. The fraction of sp³-hybridized carbons (Fsp3) is 0.444. The van der Waals surface area contributed by atoms with Crippen LogP contribution in [0.1, 0.15) is 55.1 Å². The number of benzene rings is 1. The molecule has 1 fully saturated rings. The summed E-state index contributed by atoms with van der Waals surface area (Å²) in [5.74, 6) is 1.35. The molecule has 1 aliphatic carbocycles. The first kappa shape index (κ1) is 14.1. The maximum absolute atomic E-state index is 12.2. The van der Waals surface area contributed by atoms with Crippen molar-refractivity contribution in [1.82, 2.24) is 0 Å². The smallest absolute Gasteiger partial charge is 0.192 e. The van der Waals surface area contributed by atoms with Crippen LogP contribution in [0.15, 0.2) is 33.5 Å². The molecule has 0 aliphatic heterocycles. The zero-order valence-electron chi connectivity index (χ0n) is 12.4. The van der Waals surface area contributed by atoms with Crippen LogP contribution in [-0.4, -0.2) is 5.78 Å². The number of fused-ring (bicyclic) bond motifs is 1. The molecular weight excluding hydrogens is 264 g/mol. The van der Waals surface area contributed by atoms with Crippen molar-refractivity contribution in [3.8, 4) is 0 Å². The van der Waals surface area contributed by atoms with Crippen LogP contribution in [0.2, 0.25) is 0 Å². The molecule has 1 aromatic heterocycles. The highest BCUT2D eigenvalue weighted by molar-refractivity contribution is 5.97. The van der Waals surface area contributed by atoms with E-state index in [1.54, 1.807) is 24.3 Å². The standard InChI is InChI=1S/C18H20O3/c1-12(19)14-7-8-16-17(20)11-15(21-18(16)10-14)9-13-5-3-2-4-6-13/h7-8,10-11,13H,2-6,9H2,1H3. The summed E-state index contributed by atoms with van der Waals surface area (Å²) in [6.07, 6.45) is 7.13. The summed E-state index contributed by atoms with van der Waals surface area (Å²) in [6, 6.07) is 6.67. The Kier molecular flexibility index (Phi) is 3.91. The van der Waals surface area contributed by atoms with Gasteiger partial charge in [0.15, 0.2) is 11.2 Å². The fourth-order valence-electron chi connectivity index (χ4n) is 3.20. The van der Waals surface area contributed by atoms with Crippen LogP contribution in [-0.2, 0) is 6.42 Å². The van der Waals surface area contributed by atoms with Gasteiger partial charge in [-0.05, 0) is 25.0 Å². The Morgan fingerprint density at radius 2 is 1.95 bits per heavy atom. The molecule has 1 saturated carbocycles. The third-order valence-electron chi connectivity index (χ3n) is 4.40. The molecule has 1 heterocycles. The van der Waals surface area contributed by atoms with Crippen LogP contribution in [0, 0.1) is 5.92 Å². The van der Waals surface area contributed by atoms with Gasteiger partial charge in [0.05, 0.1) is 5.39 Å². The van der Waals surface area contributed by atoms with Crippen LogP contribution in [0.25, 0.3) is 11.0 Å². The van der Waals surface area contributed by atoms with Crippen LogP contribution >= 0.6 is 0 Å². The van der Waals surface area contributed by atoms with Gasteiger partial charge in [0, 0.05) is 18.1 Å². The highest BCUT2D eigenvalue weighted by atomic mass is 16.3. The molecule has 3 rings (SSSR count). The molecular formula is C18H20O3. The van der Waals surface area contributed by atoms with Gasteiger partial charge in [0.1, 0.15) is 11.3 Å². The Hall–Kier alpha value is -1.90. The predicted molar refractivity (Wildman–Crippen MR) is 82.8 cm³/mol. The minimum atomic E-state index is -0.0165. The van der Waals surface area contributed by atoms with Crippen molar-refractivity contribution < 1.29 is 9.21 Å². The molecule has 1 aliphatic rings. The number of hydrogen-bond donors (Lipinski definition) is 0. The lowest BCUT2D eigenvalue weighted by Gasteiger charge is -2.20. The summed E-state index contributed by atoms with van der Waals surface area (Å²) in [4.78, 5) is 23.6. The zero-order valence-corrected chi connectivity index (χ0v) is 12.4. The first-order valence-electron chi connectivity index (χ1n) is 7.71. The molecule has 21 heavy (non-hydrogen) atoms. The van der Waals surface area contributed by atoms with Gasteiger partial charge in [0.2, 0.25) is 0 Å². The number of carbonyl (C=O) groups is 1. The number of ketones is 1. The maximum Gasteiger partial charge on any atom is 0.192 e. The lowest BCUT2D eigenvalue weighted by Crippen LogP contribution is -2.11. The van der Waals surface area contributed by atoms with Gasteiger partial charge in [-0.25, -0.2) is 0 Å².